The summed E-state index contributed by atoms with van der Waals surface area (Å²) in [6.07, 6.45) is 9.60. The van der Waals surface area contributed by atoms with Crippen LogP contribution in [0.25, 0.3) is 0 Å². The van der Waals surface area contributed by atoms with Gasteiger partial charge in [-0.15, -0.1) is 0 Å². The molecule has 3 aliphatic rings. The monoisotopic (exact) mass is 276 g/mol. The number of hydrogen-bond donors (Lipinski definition) is 1. The summed E-state index contributed by atoms with van der Waals surface area (Å²) in [5.41, 5.74) is 0.113. The van der Waals surface area contributed by atoms with Crippen molar-refractivity contribution >= 4 is 5.97 Å². The molecule has 0 bridgehead atoms. The molecule has 4 nitrogen and oxygen atoms in total. The lowest BCUT2D eigenvalue weighted by Gasteiger charge is -2.48. The van der Waals surface area contributed by atoms with E-state index in [2.05, 4.69) is 11.0 Å². The van der Waals surface area contributed by atoms with Crippen molar-refractivity contribution in [2.45, 2.75) is 69.9 Å². The highest BCUT2D eigenvalue weighted by atomic mass is 16.4. The molecule has 0 aromatic rings. The Bertz CT molecular complexity index is 425. The Kier molecular flexibility index (Phi) is 3.72. The second-order valence-corrected chi connectivity index (χ2v) is 7.05. The summed E-state index contributed by atoms with van der Waals surface area (Å²) >= 11 is 0. The lowest BCUT2D eigenvalue weighted by Crippen LogP contribution is -2.56. The van der Waals surface area contributed by atoms with Crippen LogP contribution in [0.4, 0.5) is 0 Å². The Labute approximate surface area is 120 Å². The standard InChI is InChI=1S/C16H24N2O2/c17-10-9-16(7-8-16)11-18-13-4-2-1-3-12(13)5-6-14(18)15(19)20/h12-14H,1-9,11H2,(H,19,20). The third-order valence-electron chi connectivity index (χ3n) is 5.72. The molecule has 20 heavy (non-hydrogen) atoms. The molecule has 2 saturated carbocycles. The highest BCUT2D eigenvalue weighted by molar-refractivity contribution is 5.73. The van der Waals surface area contributed by atoms with Crippen molar-refractivity contribution in [3.8, 4) is 6.07 Å². The zero-order chi connectivity index (χ0) is 14.2. The van der Waals surface area contributed by atoms with Gasteiger partial charge in [0.2, 0.25) is 0 Å². The van der Waals surface area contributed by atoms with Gasteiger partial charge in [0.25, 0.3) is 0 Å². The first kappa shape index (κ1) is 13.9. The second-order valence-electron chi connectivity index (χ2n) is 7.05. The van der Waals surface area contributed by atoms with E-state index < -0.39 is 5.97 Å². The van der Waals surface area contributed by atoms with Crippen LogP contribution in [0.5, 0.6) is 0 Å². The predicted molar refractivity (Wildman–Crippen MR) is 75.0 cm³/mol. The van der Waals surface area contributed by atoms with Crippen molar-refractivity contribution < 1.29 is 9.90 Å². The van der Waals surface area contributed by atoms with Crippen LogP contribution >= 0.6 is 0 Å². The van der Waals surface area contributed by atoms with Crippen LogP contribution in [0.3, 0.4) is 0 Å². The van der Waals surface area contributed by atoms with Crippen molar-refractivity contribution in [2.24, 2.45) is 11.3 Å². The van der Waals surface area contributed by atoms with E-state index in [1.165, 1.54) is 19.3 Å². The van der Waals surface area contributed by atoms with Gasteiger partial charge in [0, 0.05) is 19.0 Å². The minimum absolute atomic E-state index is 0.113. The van der Waals surface area contributed by atoms with E-state index in [4.69, 9.17) is 5.26 Å². The Morgan fingerprint density at radius 3 is 2.65 bits per heavy atom. The Hall–Kier alpha value is -1.08. The fourth-order valence-corrected chi connectivity index (χ4v) is 4.35. The molecule has 1 aliphatic heterocycles. The van der Waals surface area contributed by atoms with E-state index in [0.29, 0.717) is 18.4 Å². The van der Waals surface area contributed by atoms with Crippen LogP contribution in [-0.2, 0) is 4.79 Å². The predicted octanol–water partition coefficient (Wildman–Crippen LogP) is 2.79. The number of carbonyl (C=O) groups is 1. The molecule has 1 N–H and O–H groups in total. The van der Waals surface area contributed by atoms with Gasteiger partial charge in [-0.1, -0.05) is 12.8 Å². The van der Waals surface area contributed by atoms with Gasteiger partial charge in [-0.3, -0.25) is 9.69 Å². The van der Waals surface area contributed by atoms with Gasteiger partial charge in [0.1, 0.15) is 6.04 Å². The summed E-state index contributed by atoms with van der Waals surface area (Å²) < 4.78 is 0. The number of piperidine rings is 1. The average Bonchev–Trinajstić information content (AvgIpc) is 3.19. The quantitative estimate of drug-likeness (QED) is 0.857. The highest BCUT2D eigenvalue weighted by Gasteiger charge is 2.49. The summed E-state index contributed by atoms with van der Waals surface area (Å²) in [7, 11) is 0. The average molecular weight is 276 g/mol. The zero-order valence-corrected chi connectivity index (χ0v) is 12.1. The van der Waals surface area contributed by atoms with Crippen molar-refractivity contribution in [1.82, 2.24) is 4.90 Å². The number of likely N-dealkylation sites (tertiary alicyclic amines) is 1. The summed E-state index contributed by atoms with van der Waals surface area (Å²) in [5, 5.41) is 18.5. The maximum Gasteiger partial charge on any atom is 0.320 e. The minimum atomic E-state index is -0.665. The molecule has 3 fully saturated rings. The Morgan fingerprint density at radius 1 is 1.25 bits per heavy atom. The van der Waals surface area contributed by atoms with E-state index in [0.717, 1.165) is 38.6 Å². The molecule has 1 saturated heterocycles. The first-order valence-electron chi connectivity index (χ1n) is 8.01. The maximum atomic E-state index is 11.6. The van der Waals surface area contributed by atoms with Crippen LogP contribution in [-0.4, -0.2) is 34.6 Å². The third kappa shape index (κ3) is 2.56. The largest absolute Gasteiger partial charge is 0.480 e. The van der Waals surface area contributed by atoms with Crippen molar-refractivity contribution in [1.29, 1.82) is 5.26 Å². The molecular weight excluding hydrogens is 252 g/mol. The SMILES string of the molecule is N#CCC1(CN2C(C(=O)O)CCC3CCCCC32)CC1. The fourth-order valence-electron chi connectivity index (χ4n) is 4.35. The molecule has 0 amide bonds. The molecule has 3 rings (SSSR count). The van der Waals surface area contributed by atoms with E-state index in [-0.39, 0.29) is 11.5 Å². The number of rotatable bonds is 4. The first-order chi connectivity index (χ1) is 9.65. The fraction of sp³-hybridized carbons (Fsp3) is 0.875. The van der Waals surface area contributed by atoms with Crippen LogP contribution < -0.4 is 0 Å². The first-order valence-corrected chi connectivity index (χ1v) is 8.01. The number of carboxylic acids is 1. The number of hydrogen-bond acceptors (Lipinski definition) is 3. The van der Waals surface area contributed by atoms with Gasteiger partial charge in [0.05, 0.1) is 6.07 Å². The Balaban J connectivity index is 1.77. The smallest absolute Gasteiger partial charge is 0.320 e. The molecule has 110 valence electrons. The maximum absolute atomic E-state index is 11.6. The topological polar surface area (TPSA) is 64.3 Å². The second kappa shape index (κ2) is 5.37. The summed E-state index contributed by atoms with van der Waals surface area (Å²) in [5.74, 6) is 0.0269. The van der Waals surface area contributed by atoms with Crippen molar-refractivity contribution in [3.05, 3.63) is 0 Å². The summed E-state index contributed by atoms with van der Waals surface area (Å²) in [6.45, 7) is 0.832. The third-order valence-corrected chi connectivity index (χ3v) is 5.72. The molecule has 2 aliphatic carbocycles. The number of nitriles is 1. The van der Waals surface area contributed by atoms with Crippen LogP contribution in [0, 0.1) is 22.7 Å². The number of fused-ring (bicyclic) bond motifs is 1. The van der Waals surface area contributed by atoms with Gasteiger partial charge >= 0.3 is 5.97 Å². The van der Waals surface area contributed by atoms with Gasteiger partial charge in [0.15, 0.2) is 0 Å². The minimum Gasteiger partial charge on any atom is -0.480 e. The van der Waals surface area contributed by atoms with Gasteiger partial charge in [-0.05, 0) is 49.9 Å². The van der Waals surface area contributed by atoms with Gasteiger partial charge in [-0.25, -0.2) is 0 Å². The van der Waals surface area contributed by atoms with E-state index in [9.17, 15) is 9.90 Å². The zero-order valence-electron chi connectivity index (χ0n) is 12.1. The molecule has 0 aromatic carbocycles. The summed E-state index contributed by atoms with van der Waals surface area (Å²) in [4.78, 5) is 13.9. The number of nitrogens with zero attached hydrogens (tertiary/aromatic N) is 2. The molecule has 0 radical (unpaired) electrons. The van der Waals surface area contributed by atoms with Crippen molar-refractivity contribution in [3.63, 3.8) is 0 Å². The molecule has 3 unspecified atom stereocenters. The molecule has 0 spiro atoms. The lowest BCUT2D eigenvalue weighted by atomic mass is 9.75. The molecule has 4 heteroatoms. The normalized spacial score (nSPS) is 35.9. The van der Waals surface area contributed by atoms with Crippen LogP contribution in [0.1, 0.15) is 57.8 Å². The van der Waals surface area contributed by atoms with Crippen LogP contribution in [0.15, 0.2) is 0 Å². The van der Waals surface area contributed by atoms with E-state index in [1.54, 1.807) is 0 Å². The highest BCUT2D eigenvalue weighted by Crippen LogP contribution is 2.51. The van der Waals surface area contributed by atoms with E-state index in [1.807, 2.05) is 0 Å². The van der Waals surface area contributed by atoms with Crippen molar-refractivity contribution in [2.75, 3.05) is 6.54 Å². The number of aliphatic carboxylic acids is 1. The molecule has 0 aromatic heterocycles. The van der Waals surface area contributed by atoms with Gasteiger partial charge in [-0.2, -0.15) is 5.26 Å². The Morgan fingerprint density at radius 2 is 2.00 bits per heavy atom. The lowest BCUT2D eigenvalue weighted by molar-refractivity contribution is -0.148. The van der Waals surface area contributed by atoms with Crippen LogP contribution in [0.2, 0.25) is 0 Å². The molecule has 3 atom stereocenters. The molecular formula is C16H24N2O2. The van der Waals surface area contributed by atoms with Gasteiger partial charge < -0.3 is 5.11 Å². The van der Waals surface area contributed by atoms with E-state index >= 15 is 0 Å². The number of carboxylic acid groups (broad SMARTS) is 1. The molecule has 1 heterocycles. The summed E-state index contributed by atoms with van der Waals surface area (Å²) in [6, 6.07) is 2.44.